The number of nitrogens with zero attached hydrogens (tertiary/aromatic N) is 1. The fourth-order valence-electron chi connectivity index (χ4n) is 2.74. The van der Waals surface area contributed by atoms with E-state index in [4.69, 9.17) is 10.5 Å². The summed E-state index contributed by atoms with van der Waals surface area (Å²) >= 11 is 0. The molecular weight excluding hydrogens is 268 g/mol. The van der Waals surface area contributed by atoms with Gasteiger partial charge in [0.05, 0.1) is 6.61 Å². The second-order valence-corrected chi connectivity index (χ2v) is 5.64. The summed E-state index contributed by atoms with van der Waals surface area (Å²) in [5.41, 5.74) is 6.60. The van der Waals surface area contributed by atoms with Crippen molar-refractivity contribution in [2.75, 3.05) is 26.3 Å². The summed E-state index contributed by atoms with van der Waals surface area (Å²) in [5, 5.41) is 19.5. The molecule has 0 bridgehead atoms. The minimum atomic E-state index is -0.550. The number of β-amino-alcohol motifs (C(OH)–C–C–N with tert-alkyl or cyclic N) is 1. The lowest BCUT2D eigenvalue weighted by Gasteiger charge is -2.35. The summed E-state index contributed by atoms with van der Waals surface area (Å²) in [4.78, 5) is 2.16. The van der Waals surface area contributed by atoms with E-state index in [1.807, 2.05) is 24.3 Å². The van der Waals surface area contributed by atoms with Crippen LogP contribution < -0.4 is 10.5 Å². The molecule has 21 heavy (non-hydrogen) atoms. The fourth-order valence-corrected chi connectivity index (χ4v) is 2.74. The summed E-state index contributed by atoms with van der Waals surface area (Å²) in [6, 6.07) is 7.76. The van der Waals surface area contributed by atoms with Crippen molar-refractivity contribution in [3.8, 4) is 5.75 Å². The van der Waals surface area contributed by atoms with Gasteiger partial charge in [0, 0.05) is 19.1 Å². The SMILES string of the molecule is NCc1ccc(OCC(O)CN2CCCCC2CO)cc1. The van der Waals surface area contributed by atoms with E-state index in [9.17, 15) is 10.2 Å². The number of ether oxygens (including phenoxy) is 1. The highest BCUT2D eigenvalue weighted by Gasteiger charge is 2.23. The lowest BCUT2D eigenvalue weighted by atomic mass is 10.0. The van der Waals surface area contributed by atoms with E-state index in [-0.39, 0.29) is 19.3 Å². The minimum Gasteiger partial charge on any atom is -0.491 e. The van der Waals surface area contributed by atoms with Crippen LogP contribution >= 0.6 is 0 Å². The number of aliphatic hydroxyl groups is 2. The van der Waals surface area contributed by atoms with Crippen molar-refractivity contribution in [1.82, 2.24) is 4.90 Å². The first-order valence-corrected chi connectivity index (χ1v) is 7.67. The van der Waals surface area contributed by atoms with Gasteiger partial charge in [-0.25, -0.2) is 0 Å². The maximum atomic E-state index is 10.1. The van der Waals surface area contributed by atoms with E-state index >= 15 is 0 Å². The molecule has 0 amide bonds. The Labute approximate surface area is 126 Å². The summed E-state index contributed by atoms with van der Waals surface area (Å²) in [6.45, 7) is 2.42. The number of nitrogens with two attached hydrogens (primary N) is 1. The van der Waals surface area contributed by atoms with Gasteiger partial charge in [-0.3, -0.25) is 4.90 Å². The van der Waals surface area contributed by atoms with Gasteiger partial charge in [0.15, 0.2) is 0 Å². The van der Waals surface area contributed by atoms with Crippen LogP contribution in [-0.4, -0.2) is 53.6 Å². The standard InChI is InChI=1S/C16H26N2O3/c17-9-13-4-6-16(7-5-13)21-12-15(20)10-18-8-2-1-3-14(18)11-19/h4-7,14-15,19-20H,1-3,8-12,17H2. The molecule has 1 aliphatic heterocycles. The maximum absolute atomic E-state index is 10.1. The van der Waals surface area contributed by atoms with Crippen LogP contribution in [0.4, 0.5) is 0 Å². The van der Waals surface area contributed by atoms with Crippen LogP contribution in [0.3, 0.4) is 0 Å². The molecule has 1 aromatic carbocycles. The molecule has 118 valence electrons. The van der Waals surface area contributed by atoms with E-state index in [0.29, 0.717) is 13.1 Å². The molecule has 0 saturated carbocycles. The van der Waals surface area contributed by atoms with E-state index in [0.717, 1.165) is 37.1 Å². The van der Waals surface area contributed by atoms with Crippen molar-refractivity contribution in [1.29, 1.82) is 0 Å². The first kappa shape index (κ1) is 16.2. The van der Waals surface area contributed by atoms with Crippen LogP contribution in [0.25, 0.3) is 0 Å². The number of rotatable bonds is 7. The third-order valence-electron chi connectivity index (χ3n) is 4.01. The summed E-state index contributed by atoms with van der Waals surface area (Å²) < 4.78 is 5.60. The summed E-state index contributed by atoms with van der Waals surface area (Å²) in [7, 11) is 0. The van der Waals surface area contributed by atoms with Gasteiger partial charge in [0.1, 0.15) is 18.5 Å². The van der Waals surface area contributed by atoms with Crippen molar-refractivity contribution < 1.29 is 14.9 Å². The van der Waals surface area contributed by atoms with Crippen LogP contribution in [0.5, 0.6) is 5.75 Å². The molecule has 2 unspecified atom stereocenters. The molecule has 1 fully saturated rings. The van der Waals surface area contributed by atoms with Gasteiger partial charge in [0.25, 0.3) is 0 Å². The molecule has 1 aromatic rings. The van der Waals surface area contributed by atoms with Crippen LogP contribution in [0, 0.1) is 0 Å². The number of aliphatic hydroxyl groups excluding tert-OH is 2. The second-order valence-electron chi connectivity index (χ2n) is 5.64. The molecule has 2 atom stereocenters. The summed E-state index contributed by atoms with van der Waals surface area (Å²) in [5.74, 6) is 0.739. The Morgan fingerprint density at radius 3 is 2.71 bits per heavy atom. The highest BCUT2D eigenvalue weighted by atomic mass is 16.5. The van der Waals surface area contributed by atoms with E-state index in [1.54, 1.807) is 0 Å². The average Bonchev–Trinajstić information content (AvgIpc) is 2.54. The Balaban J connectivity index is 1.76. The van der Waals surface area contributed by atoms with E-state index < -0.39 is 6.10 Å². The fraction of sp³-hybridized carbons (Fsp3) is 0.625. The molecule has 4 N–H and O–H groups in total. The highest BCUT2D eigenvalue weighted by molar-refractivity contribution is 5.27. The lowest BCUT2D eigenvalue weighted by molar-refractivity contribution is 0.0232. The Kier molecular flexibility index (Phi) is 6.45. The zero-order valence-corrected chi connectivity index (χ0v) is 12.4. The predicted molar refractivity (Wildman–Crippen MR) is 82.1 cm³/mol. The maximum Gasteiger partial charge on any atom is 0.119 e. The second kappa shape index (κ2) is 8.34. The van der Waals surface area contributed by atoms with Crippen LogP contribution in [0.15, 0.2) is 24.3 Å². The highest BCUT2D eigenvalue weighted by Crippen LogP contribution is 2.17. The Hall–Kier alpha value is -1.14. The zero-order valence-electron chi connectivity index (χ0n) is 12.4. The molecule has 0 spiro atoms. The van der Waals surface area contributed by atoms with Gasteiger partial charge in [-0.2, -0.15) is 0 Å². The average molecular weight is 294 g/mol. The Morgan fingerprint density at radius 1 is 1.29 bits per heavy atom. The summed E-state index contributed by atoms with van der Waals surface area (Å²) in [6.07, 6.45) is 2.74. The number of piperidine rings is 1. The molecule has 0 aliphatic carbocycles. The largest absolute Gasteiger partial charge is 0.491 e. The first-order chi connectivity index (χ1) is 10.2. The number of hydrogen-bond acceptors (Lipinski definition) is 5. The Bertz CT molecular complexity index is 410. The van der Waals surface area contributed by atoms with Crippen LogP contribution in [0.1, 0.15) is 24.8 Å². The smallest absolute Gasteiger partial charge is 0.119 e. The van der Waals surface area contributed by atoms with Crippen molar-refractivity contribution in [2.45, 2.75) is 38.0 Å². The quantitative estimate of drug-likeness (QED) is 0.691. The van der Waals surface area contributed by atoms with Crippen molar-refractivity contribution in [3.05, 3.63) is 29.8 Å². The lowest BCUT2D eigenvalue weighted by Crippen LogP contribution is -2.46. The van der Waals surface area contributed by atoms with Crippen LogP contribution in [-0.2, 0) is 6.54 Å². The molecule has 5 heteroatoms. The molecule has 0 aromatic heterocycles. The molecule has 5 nitrogen and oxygen atoms in total. The first-order valence-electron chi connectivity index (χ1n) is 7.67. The van der Waals surface area contributed by atoms with Gasteiger partial charge in [-0.1, -0.05) is 18.6 Å². The molecule has 0 radical (unpaired) electrons. The third-order valence-corrected chi connectivity index (χ3v) is 4.01. The van der Waals surface area contributed by atoms with Gasteiger partial charge in [0.2, 0.25) is 0 Å². The number of likely N-dealkylation sites (tertiary alicyclic amines) is 1. The molecule has 2 rings (SSSR count). The predicted octanol–water partition coefficient (Wildman–Crippen LogP) is 0.732. The van der Waals surface area contributed by atoms with E-state index in [2.05, 4.69) is 4.90 Å². The number of benzene rings is 1. The monoisotopic (exact) mass is 294 g/mol. The molecule has 1 heterocycles. The van der Waals surface area contributed by atoms with Gasteiger partial charge >= 0.3 is 0 Å². The Morgan fingerprint density at radius 2 is 2.05 bits per heavy atom. The van der Waals surface area contributed by atoms with Gasteiger partial charge in [-0.05, 0) is 37.1 Å². The third kappa shape index (κ3) is 4.97. The van der Waals surface area contributed by atoms with Crippen molar-refractivity contribution >= 4 is 0 Å². The van der Waals surface area contributed by atoms with Gasteiger partial charge < -0.3 is 20.7 Å². The zero-order chi connectivity index (χ0) is 15.1. The van der Waals surface area contributed by atoms with E-state index in [1.165, 1.54) is 0 Å². The van der Waals surface area contributed by atoms with Crippen molar-refractivity contribution in [3.63, 3.8) is 0 Å². The minimum absolute atomic E-state index is 0.161. The normalized spacial score (nSPS) is 21.2. The molecule has 1 aliphatic rings. The van der Waals surface area contributed by atoms with Crippen molar-refractivity contribution in [2.24, 2.45) is 5.73 Å². The number of hydrogen-bond donors (Lipinski definition) is 3. The van der Waals surface area contributed by atoms with Crippen LogP contribution in [0.2, 0.25) is 0 Å². The molecular formula is C16H26N2O3. The van der Waals surface area contributed by atoms with Gasteiger partial charge in [-0.15, -0.1) is 0 Å². The topological polar surface area (TPSA) is 79.0 Å². The molecule has 1 saturated heterocycles.